The number of halogens is 1. The molecule has 0 saturated heterocycles. The van der Waals surface area contributed by atoms with Crippen molar-refractivity contribution in [2.45, 2.75) is 66.0 Å². The van der Waals surface area contributed by atoms with Crippen molar-refractivity contribution in [2.75, 3.05) is 40.4 Å². The largest absolute Gasteiger partial charge is 0.444 e. The maximum atomic E-state index is 12.1. The van der Waals surface area contributed by atoms with E-state index in [0.717, 1.165) is 45.1 Å². The Hall–Kier alpha value is -0.770. The van der Waals surface area contributed by atoms with Crippen LogP contribution in [0.15, 0.2) is 4.99 Å². The first kappa shape index (κ1) is 28.4. The molecular weight excluding hydrogens is 459 g/mol. The third-order valence-electron chi connectivity index (χ3n) is 3.63. The van der Waals surface area contributed by atoms with Crippen LogP contribution in [0.1, 0.15) is 54.4 Å². The van der Waals surface area contributed by atoms with E-state index < -0.39 is 5.60 Å². The number of nitrogens with one attached hydrogen (secondary N) is 2. The molecule has 0 spiro atoms. The highest BCUT2D eigenvalue weighted by molar-refractivity contribution is 14.0. The van der Waals surface area contributed by atoms with Gasteiger partial charge in [0.05, 0.1) is 0 Å². The highest BCUT2D eigenvalue weighted by Gasteiger charge is 2.22. The molecule has 7 nitrogen and oxygen atoms in total. The normalized spacial score (nSPS) is 13.0. The predicted octanol–water partition coefficient (Wildman–Crippen LogP) is 3.48. The average Bonchev–Trinajstić information content (AvgIpc) is 2.53. The highest BCUT2D eigenvalue weighted by Crippen LogP contribution is 2.11. The first-order valence-corrected chi connectivity index (χ1v) is 9.55. The fourth-order valence-corrected chi connectivity index (χ4v) is 2.03. The Morgan fingerprint density at radius 3 is 2.26 bits per heavy atom. The molecule has 0 radical (unpaired) electrons. The topological polar surface area (TPSA) is 75.2 Å². The number of rotatable bonds is 10. The van der Waals surface area contributed by atoms with E-state index in [0.29, 0.717) is 5.92 Å². The second-order valence-electron chi connectivity index (χ2n) is 7.98. The molecule has 0 aromatic rings. The van der Waals surface area contributed by atoms with E-state index in [1.54, 1.807) is 19.0 Å². The Morgan fingerprint density at radius 1 is 1.15 bits per heavy atom. The molecule has 0 aromatic carbocycles. The van der Waals surface area contributed by atoms with E-state index in [2.05, 4.69) is 29.5 Å². The minimum Gasteiger partial charge on any atom is -0.444 e. The highest BCUT2D eigenvalue weighted by atomic mass is 127. The quantitative estimate of drug-likeness (QED) is 0.208. The van der Waals surface area contributed by atoms with Crippen LogP contribution in [0.4, 0.5) is 4.79 Å². The van der Waals surface area contributed by atoms with Crippen molar-refractivity contribution in [1.29, 1.82) is 0 Å². The number of carbonyl (C=O) groups is 1. The predicted molar refractivity (Wildman–Crippen MR) is 123 cm³/mol. The Kier molecular flexibility index (Phi) is 16.0. The summed E-state index contributed by atoms with van der Waals surface area (Å²) in [7, 11) is 3.52. The SMILES string of the molecule is CN=C(NCCCOCC(C)C)NCCC(C)N(C)C(=O)OC(C)(C)C.I. The van der Waals surface area contributed by atoms with Crippen molar-refractivity contribution < 1.29 is 14.3 Å². The number of guanidine groups is 1. The van der Waals surface area contributed by atoms with Crippen LogP contribution in [0.5, 0.6) is 0 Å². The van der Waals surface area contributed by atoms with Crippen molar-refractivity contribution in [2.24, 2.45) is 10.9 Å². The summed E-state index contributed by atoms with van der Waals surface area (Å²) >= 11 is 0. The van der Waals surface area contributed by atoms with Crippen molar-refractivity contribution >= 4 is 36.0 Å². The van der Waals surface area contributed by atoms with Gasteiger partial charge in [0.2, 0.25) is 0 Å². The Balaban J connectivity index is 0. The van der Waals surface area contributed by atoms with E-state index in [1.165, 1.54) is 0 Å². The number of hydrogen-bond donors (Lipinski definition) is 2. The summed E-state index contributed by atoms with van der Waals surface area (Å²) in [6.45, 7) is 15.0. The fraction of sp³-hybridized carbons (Fsp3) is 0.895. The molecule has 1 amide bonds. The van der Waals surface area contributed by atoms with Crippen molar-refractivity contribution in [3.05, 3.63) is 0 Å². The van der Waals surface area contributed by atoms with Crippen LogP contribution in [0.25, 0.3) is 0 Å². The Bertz CT molecular complexity index is 426. The minimum atomic E-state index is -0.478. The third-order valence-corrected chi connectivity index (χ3v) is 3.63. The van der Waals surface area contributed by atoms with Gasteiger partial charge >= 0.3 is 6.09 Å². The first-order valence-electron chi connectivity index (χ1n) is 9.55. The van der Waals surface area contributed by atoms with Crippen LogP contribution in [0.3, 0.4) is 0 Å². The minimum absolute atomic E-state index is 0. The van der Waals surface area contributed by atoms with E-state index in [-0.39, 0.29) is 36.1 Å². The molecule has 0 aliphatic carbocycles. The van der Waals surface area contributed by atoms with Gasteiger partial charge in [0, 0.05) is 46.4 Å². The maximum absolute atomic E-state index is 12.1. The lowest BCUT2D eigenvalue weighted by Crippen LogP contribution is -2.43. The van der Waals surface area contributed by atoms with E-state index in [1.807, 2.05) is 27.7 Å². The first-order chi connectivity index (χ1) is 12.1. The standard InChI is InChI=1S/C19H40N4O3.HI/c1-15(2)14-25-13-9-11-21-17(20-7)22-12-10-16(3)23(8)18(24)26-19(4,5)6;/h15-16H,9-14H2,1-8H3,(H2,20,21,22);1H. The summed E-state index contributed by atoms with van der Waals surface area (Å²) < 4.78 is 10.9. The zero-order chi connectivity index (χ0) is 20.2. The van der Waals surface area contributed by atoms with Gasteiger partial charge in [0.1, 0.15) is 5.60 Å². The monoisotopic (exact) mass is 500 g/mol. The summed E-state index contributed by atoms with van der Waals surface area (Å²) in [5.41, 5.74) is -0.478. The summed E-state index contributed by atoms with van der Waals surface area (Å²) in [5.74, 6) is 1.33. The summed E-state index contributed by atoms with van der Waals surface area (Å²) in [6.07, 6.45) is 1.44. The number of carbonyl (C=O) groups excluding carboxylic acids is 1. The molecule has 162 valence electrons. The average molecular weight is 500 g/mol. The lowest BCUT2D eigenvalue weighted by Gasteiger charge is -2.28. The van der Waals surface area contributed by atoms with Gasteiger partial charge in [-0.3, -0.25) is 4.99 Å². The van der Waals surface area contributed by atoms with Crippen LogP contribution in [0.2, 0.25) is 0 Å². The molecule has 1 atom stereocenters. The van der Waals surface area contributed by atoms with Gasteiger partial charge in [0.25, 0.3) is 0 Å². The Morgan fingerprint density at radius 2 is 1.74 bits per heavy atom. The zero-order valence-corrected chi connectivity index (χ0v) is 20.8. The van der Waals surface area contributed by atoms with E-state index in [4.69, 9.17) is 9.47 Å². The van der Waals surface area contributed by atoms with Crippen molar-refractivity contribution in [1.82, 2.24) is 15.5 Å². The molecule has 0 aliphatic heterocycles. The second-order valence-corrected chi connectivity index (χ2v) is 7.98. The van der Waals surface area contributed by atoms with Gasteiger partial charge in [-0.25, -0.2) is 4.79 Å². The summed E-state index contributed by atoms with van der Waals surface area (Å²) in [4.78, 5) is 17.9. The molecule has 0 bridgehead atoms. The lowest BCUT2D eigenvalue weighted by molar-refractivity contribution is 0.0230. The van der Waals surface area contributed by atoms with Crippen LogP contribution >= 0.6 is 24.0 Å². The molecule has 27 heavy (non-hydrogen) atoms. The maximum Gasteiger partial charge on any atom is 0.410 e. The van der Waals surface area contributed by atoms with Gasteiger partial charge in [0.15, 0.2) is 5.96 Å². The molecule has 0 rings (SSSR count). The summed E-state index contributed by atoms with van der Waals surface area (Å²) in [6, 6.07) is 0.0693. The van der Waals surface area contributed by atoms with E-state index >= 15 is 0 Å². The van der Waals surface area contributed by atoms with Gasteiger partial charge in [-0.15, -0.1) is 24.0 Å². The molecule has 1 unspecified atom stereocenters. The third kappa shape index (κ3) is 15.9. The summed E-state index contributed by atoms with van der Waals surface area (Å²) in [5, 5.41) is 6.54. The molecular formula is C19H41IN4O3. The molecule has 0 aromatic heterocycles. The van der Waals surface area contributed by atoms with Crippen molar-refractivity contribution in [3.63, 3.8) is 0 Å². The van der Waals surface area contributed by atoms with E-state index in [9.17, 15) is 4.79 Å². The van der Waals surface area contributed by atoms with Crippen LogP contribution in [-0.4, -0.2) is 69.0 Å². The van der Waals surface area contributed by atoms with Crippen molar-refractivity contribution in [3.8, 4) is 0 Å². The molecule has 0 saturated carbocycles. The molecule has 2 N–H and O–H groups in total. The number of nitrogens with zero attached hydrogens (tertiary/aromatic N) is 2. The fourth-order valence-electron chi connectivity index (χ4n) is 2.03. The number of aliphatic imine (C=N–C) groups is 1. The van der Waals surface area contributed by atoms with Gasteiger partial charge in [-0.05, 0) is 46.5 Å². The molecule has 0 fully saturated rings. The number of amides is 1. The molecule has 0 aliphatic rings. The number of hydrogen-bond acceptors (Lipinski definition) is 4. The van der Waals surface area contributed by atoms with Gasteiger partial charge < -0.3 is 25.0 Å². The zero-order valence-electron chi connectivity index (χ0n) is 18.4. The smallest absolute Gasteiger partial charge is 0.410 e. The second kappa shape index (κ2) is 15.2. The van der Waals surface area contributed by atoms with Gasteiger partial charge in [-0.2, -0.15) is 0 Å². The van der Waals surface area contributed by atoms with Crippen LogP contribution in [0, 0.1) is 5.92 Å². The molecule has 0 heterocycles. The van der Waals surface area contributed by atoms with Crippen LogP contribution in [-0.2, 0) is 9.47 Å². The number of ether oxygens (including phenoxy) is 2. The van der Waals surface area contributed by atoms with Crippen LogP contribution < -0.4 is 10.6 Å². The Labute approximate surface area is 183 Å². The molecule has 8 heteroatoms. The lowest BCUT2D eigenvalue weighted by atomic mass is 10.2. The van der Waals surface area contributed by atoms with Gasteiger partial charge in [-0.1, -0.05) is 13.8 Å².